The lowest BCUT2D eigenvalue weighted by Crippen LogP contribution is -2.34. The first-order chi connectivity index (χ1) is 18.8. The van der Waals surface area contributed by atoms with E-state index in [2.05, 4.69) is 25.6 Å². The van der Waals surface area contributed by atoms with Gasteiger partial charge in [0.05, 0.1) is 18.8 Å². The summed E-state index contributed by atoms with van der Waals surface area (Å²) in [7, 11) is 0. The smallest absolute Gasteiger partial charge is 0.332 e. The summed E-state index contributed by atoms with van der Waals surface area (Å²) in [6, 6.07) is 3.14. The standard InChI is InChI=1S/C25H30F2N6O5S/c1-3-7-39-25-29-23(28-16-9-13(16)12-5-6-14(26)15(27)8-12)20-24(30-25)33(32-31-20)17-10-18(22(36)21(17)35)38-11-19(34)37-4-2/h5-6,8,13,16-18,21-22,35-36H,3-4,7,9-11H2,1-2H3,(H,28,29,30)/t13-,16+,17+,18-,21-,22+/m0/s1. The highest BCUT2D eigenvalue weighted by molar-refractivity contribution is 7.99. The molecule has 2 aliphatic rings. The molecule has 0 spiro atoms. The van der Waals surface area contributed by atoms with E-state index in [0.717, 1.165) is 18.2 Å². The van der Waals surface area contributed by atoms with Crippen LogP contribution >= 0.6 is 11.8 Å². The Morgan fingerprint density at radius 1 is 1.18 bits per heavy atom. The van der Waals surface area contributed by atoms with Crippen LogP contribution in [-0.2, 0) is 14.3 Å². The van der Waals surface area contributed by atoms with Gasteiger partial charge in [0.25, 0.3) is 0 Å². The maximum absolute atomic E-state index is 13.8. The monoisotopic (exact) mass is 564 g/mol. The highest BCUT2D eigenvalue weighted by Crippen LogP contribution is 2.44. The number of fused-ring (bicyclic) bond motifs is 1. The molecule has 11 nitrogen and oxygen atoms in total. The van der Waals surface area contributed by atoms with Gasteiger partial charge in [0.1, 0.15) is 18.8 Å². The first-order valence-corrected chi connectivity index (χ1v) is 13.9. The van der Waals surface area contributed by atoms with Crippen LogP contribution in [0.5, 0.6) is 0 Å². The fourth-order valence-corrected chi connectivity index (χ4v) is 5.48. The number of benzene rings is 1. The van der Waals surface area contributed by atoms with Crippen molar-refractivity contribution in [3.05, 3.63) is 35.4 Å². The van der Waals surface area contributed by atoms with Gasteiger partial charge in [-0.1, -0.05) is 30.0 Å². The Hall–Kier alpha value is -2.94. The first kappa shape index (κ1) is 27.6. The number of anilines is 1. The number of nitrogens with zero attached hydrogens (tertiary/aromatic N) is 5. The molecule has 0 aliphatic heterocycles. The van der Waals surface area contributed by atoms with Gasteiger partial charge in [-0.05, 0) is 37.5 Å². The summed E-state index contributed by atoms with van der Waals surface area (Å²) < 4.78 is 39.0. The van der Waals surface area contributed by atoms with Gasteiger partial charge in [0.2, 0.25) is 0 Å². The van der Waals surface area contributed by atoms with E-state index in [0.29, 0.717) is 34.1 Å². The van der Waals surface area contributed by atoms with Crippen molar-refractivity contribution in [1.29, 1.82) is 0 Å². The van der Waals surface area contributed by atoms with E-state index < -0.39 is 42.0 Å². The van der Waals surface area contributed by atoms with Gasteiger partial charge in [0, 0.05) is 24.1 Å². The summed E-state index contributed by atoms with van der Waals surface area (Å²) >= 11 is 1.46. The number of aromatic nitrogens is 5. The van der Waals surface area contributed by atoms with Crippen LogP contribution in [0, 0.1) is 11.6 Å². The summed E-state index contributed by atoms with van der Waals surface area (Å²) in [5.74, 6) is -1.12. The lowest BCUT2D eigenvalue weighted by Gasteiger charge is -2.17. The molecule has 0 amide bonds. The molecule has 2 fully saturated rings. The number of hydrogen-bond acceptors (Lipinski definition) is 11. The Morgan fingerprint density at radius 3 is 2.74 bits per heavy atom. The summed E-state index contributed by atoms with van der Waals surface area (Å²) in [5.41, 5.74) is 1.45. The Kier molecular flexibility index (Phi) is 8.26. The Labute approximate surface area is 227 Å². The number of thioether (sulfide) groups is 1. The van der Waals surface area contributed by atoms with Crippen molar-refractivity contribution in [2.75, 3.05) is 24.3 Å². The first-order valence-electron chi connectivity index (χ1n) is 12.9. The number of aliphatic hydroxyl groups excluding tert-OH is 2. The van der Waals surface area contributed by atoms with Crippen LogP contribution < -0.4 is 5.32 Å². The second-order valence-electron chi connectivity index (χ2n) is 9.61. The zero-order valence-corrected chi connectivity index (χ0v) is 22.3. The van der Waals surface area contributed by atoms with Crippen LogP contribution in [0.2, 0.25) is 0 Å². The number of carbonyl (C=O) groups excluding carboxylic acids is 1. The van der Waals surface area contributed by atoms with Crippen LogP contribution in [0.3, 0.4) is 0 Å². The van der Waals surface area contributed by atoms with Crippen molar-refractivity contribution in [2.24, 2.45) is 0 Å². The number of nitrogens with one attached hydrogen (secondary N) is 1. The van der Waals surface area contributed by atoms with Crippen molar-refractivity contribution >= 4 is 34.7 Å². The quantitative estimate of drug-likeness (QED) is 0.180. The summed E-state index contributed by atoms with van der Waals surface area (Å²) in [5, 5.41) is 33.7. The molecule has 210 valence electrons. The Morgan fingerprint density at radius 2 is 2.00 bits per heavy atom. The molecule has 0 unspecified atom stereocenters. The van der Waals surface area contributed by atoms with Crippen molar-refractivity contribution in [3.8, 4) is 0 Å². The predicted molar refractivity (Wildman–Crippen MR) is 137 cm³/mol. The van der Waals surface area contributed by atoms with Gasteiger partial charge < -0.3 is 25.0 Å². The number of carbonyl (C=O) groups is 1. The van der Waals surface area contributed by atoms with Gasteiger partial charge in [-0.2, -0.15) is 0 Å². The van der Waals surface area contributed by atoms with Crippen molar-refractivity contribution < 1.29 is 33.3 Å². The van der Waals surface area contributed by atoms with E-state index in [1.54, 1.807) is 13.0 Å². The number of aliphatic hydroxyl groups is 2. The number of rotatable bonds is 11. The third-order valence-corrected chi connectivity index (χ3v) is 7.91. The molecule has 6 atom stereocenters. The van der Waals surface area contributed by atoms with Gasteiger partial charge in [-0.3, -0.25) is 0 Å². The predicted octanol–water partition coefficient (Wildman–Crippen LogP) is 2.58. The Balaban J connectivity index is 1.38. The molecule has 3 N–H and O–H groups in total. The number of hydrogen-bond donors (Lipinski definition) is 3. The highest BCUT2D eigenvalue weighted by Gasteiger charge is 2.45. The molecular weight excluding hydrogens is 534 g/mol. The molecule has 2 aromatic heterocycles. The lowest BCUT2D eigenvalue weighted by molar-refractivity contribution is -0.153. The summed E-state index contributed by atoms with van der Waals surface area (Å²) in [6.45, 7) is 3.59. The van der Waals surface area contributed by atoms with E-state index in [1.165, 1.54) is 22.5 Å². The molecule has 14 heteroatoms. The molecule has 1 aromatic carbocycles. The van der Waals surface area contributed by atoms with Crippen LogP contribution in [0.15, 0.2) is 23.4 Å². The minimum atomic E-state index is -1.25. The zero-order valence-electron chi connectivity index (χ0n) is 21.5. The van der Waals surface area contributed by atoms with Crippen LogP contribution in [-0.4, -0.2) is 84.5 Å². The molecule has 0 bridgehead atoms. The van der Waals surface area contributed by atoms with E-state index in [9.17, 15) is 23.8 Å². The number of esters is 1. The molecule has 2 saturated carbocycles. The second kappa shape index (κ2) is 11.7. The SMILES string of the molecule is CCCSc1nc(N[C@@H]2C[C@H]2c2ccc(F)c(F)c2)c2nnn([C@@H]3C[C@H](OCC(=O)OCC)[C@@H](O)[C@H]3O)c2n1. The average molecular weight is 565 g/mol. The summed E-state index contributed by atoms with van der Waals surface area (Å²) in [6.07, 6.45) is -1.52. The number of halogens is 2. The summed E-state index contributed by atoms with van der Waals surface area (Å²) in [4.78, 5) is 21.0. The van der Waals surface area contributed by atoms with Crippen LogP contribution in [0.1, 0.15) is 50.6 Å². The minimum Gasteiger partial charge on any atom is -0.464 e. The molecule has 0 saturated heterocycles. The van der Waals surface area contributed by atoms with Crippen molar-refractivity contribution in [3.63, 3.8) is 0 Å². The number of ether oxygens (including phenoxy) is 2. The van der Waals surface area contributed by atoms with E-state index in [-0.39, 0.29) is 31.6 Å². The van der Waals surface area contributed by atoms with E-state index in [1.807, 2.05) is 6.92 Å². The molecule has 2 aliphatic carbocycles. The molecule has 0 radical (unpaired) electrons. The van der Waals surface area contributed by atoms with Crippen molar-refractivity contribution in [2.45, 2.75) is 74.6 Å². The molecule has 3 aromatic rings. The topological polar surface area (TPSA) is 145 Å². The van der Waals surface area contributed by atoms with Gasteiger partial charge in [0.15, 0.2) is 33.8 Å². The normalized spacial score (nSPS) is 26.2. The molecule has 2 heterocycles. The Bertz CT molecular complexity index is 1350. The maximum Gasteiger partial charge on any atom is 0.332 e. The van der Waals surface area contributed by atoms with Gasteiger partial charge in [-0.15, -0.1) is 5.10 Å². The lowest BCUT2D eigenvalue weighted by atomic mass is 10.1. The second-order valence-corrected chi connectivity index (χ2v) is 10.7. The van der Waals surface area contributed by atoms with Crippen LogP contribution in [0.25, 0.3) is 11.2 Å². The van der Waals surface area contributed by atoms with Gasteiger partial charge >= 0.3 is 5.97 Å². The van der Waals surface area contributed by atoms with E-state index in [4.69, 9.17) is 9.47 Å². The largest absolute Gasteiger partial charge is 0.464 e. The molecular formula is C25H30F2N6O5S. The fourth-order valence-electron chi connectivity index (χ4n) is 4.79. The van der Waals surface area contributed by atoms with Crippen molar-refractivity contribution in [1.82, 2.24) is 25.0 Å². The fraction of sp³-hybridized carbons (Fsp3) is 0.560. The molecule has 39 heavy (non-hydrogen) atoms. The highest BCUT2D eigenvalue weighted by atomic mass is 32.2. The zero-order chi connectivity index (χ0) is 27.7. The van der Waals surface area contributed by atoms with Gasteiger partial charge in [-0.25, -0.2) is 28.2 Å². The third kappa shape index (κ3) is 5.83. The minimum absolute atomic E-state index is 0.0176. The molecule has 5 rings (SSSR count). The third-order valence-electron chi connectivity index (χ3n) is 6.86. The average Bonchev–Trinajstić information content (AvgIpc) is 3.46. The van der Waals surface area contributed by atoms with Crippen LogP contribution in [0.4, 0.5) is 14.6 Å². The maximum atomic E-state index is 13.8. The van der Waals surface area contributed by atoms with E-state index >= 15 is 0 Å².